The Kier molecular flexibility index (Phi) is 4.59. The molecule has 2 aromatic rings. The van der Waals surface area contributed by atoms with Crippen molar-refractivity contribution in [1.29, 1.82) is 0 Å². The van der Waals surface area contributed by atoms with Gasteiger partial charge in [0, 0.05) is 32.2 Å². The molecule has 5 rings (SSSR count). The maximum Gasteiger partial charge on any atom is 0.225 e. The predicted molar refractivity (Wildman–Crippen MR) is 110 cm³/mol. The fourth-order valence-corrected chi connectivity index (χ4v) is 5.57. The monoisotopic (exact) mass is 396 g/mol. The summed E-state index contributed by atoms with van der Waals surface area (Å²) in [4.78, 5) is 13.0. The van der Waals surface area contributed by atoms with Gasteiger partial charge in [0.2, 0.25) is 5.95 Å². The third kappa shape index (κ3) is 3.32. The van der Waals surface area contributed by atoms with Crippen LogP contribution in [-0.2, 0) is 15.9 Å². The topological polar surface area (TPSA) is 41.5 Å². The molecule has 29 heavy (non-hydrogen) atoms. The lowest BCUT2D eigenvalue weighted by Crippen LogP contribution is -2.52. The van der Waals surface area contributed by atoms with Crippen molar-refractivity contribution in [3.05, 3.63) is 53.6 Å². The van der Waals surface area contributed by atoms with E-state index >= 15 is 0 Å². The molecule has 1 saturated heterocycles. The summed E-state index contributed by atoms with van der Waals surface area (Å²) >= 11 is 0. The lowest BCUT2D eigenvalue weighted by molar-refractivity contribution is -0.149. The molecule has 154 valence electrons. The van der Waals surface area contributed by atoms with E-state index in [0.29, 0.717) is 12.0 Å². The summed E-state index contributed by atoms with van der Waals surface area (Å²) in [6.45, 7) is 8.18. The quantitative estimate of drug-likeness (QED) is 0.772. The van der Waals surface area contributed by atoms with Crippen LogP contribution in [0.4, 0.5) is 10.3 Å². The number of aromatic nitrogens is 2. The first kappa shape index (κ1) is 18.9. The van der Waals surface area contributed by atoms with Gasteiger partial charge in [-0.05, 0) is 50.7 Å². The second-order valence-corrected chi connectivity index (χ2v) is 9.11. The fourth-order valence-electron chi connectivity index (χ4n) is 5.57. The molecule has 0 unspecified atom stereocenters. The van der Waals surface area contributed by atoms with Crippen molar-refractivity contribution in [1.82, 2.24) is 14.9 Å². The van der Waals surface area contributed by atoms with Crippen LogP contribution in [0.2, 0.25) is 0 Å². The van der Waals surface area contributed by atoms with E-state index in [9.17, 15) is 4.39 Å². The largest absolute Gasteiger partial charge is 0.360 e. The summed E-state index contributed by atoms with van der Waals surface area (Å²) in [6, 6.07) is 9.38. The number of ether oxygens (including phenoxy) is 1. The lowest BCUT2D eigenvalue weighted by Gasteiger charge is -2.45. The zero-order valence-electron chi connectivity index (χ0n) is 17.3. The van der Waals surface area contributed by atoms with Gasteiger partial charge in [-0.2, -0.15) is 0 Å². The van der Waals surface area contributed by atoms with Crippen LogP contribution in [0.3, 0.4) is 0 Å². The van der Waals surface area contributed by atoms with Gasteiger partial charge < -0.3 is 9.64 Å². The molecule has 6 heteroatoms. The standard InChI is InChI=1S/C23H29FN4O/c1-22(2)19-5-3-4-6-20(19)23(29-22)9-7-18(8-10-23)27-11-13-28(14-12-27)21-25-15-17(24)16-26-21/h3-6,15-16,18H,7-14H2,1-2H3. The smallest absolute Gasteiger partial charge is 0.225 e. The molecule has 1 saturated carbocycles. The van der Waals surface area contributed by atoms with Crippen LogP contribution >= 0.6 is 0 Å². The molecule has 1 aromatic carbocycles. The van der Waals surface area contributed by atoms with E-state index in [1.54, 1.807) is 0 Å². The van der Waals surface area contributed by atoms with Crippen LogP contribution < -0.4 is 4.90 Å². The normalized spacial score (nSPS) is 29.2. The summed E-state index contributed by atoms with van der Waals surface area (Å²) < 4.78 is 19.8. The molecule has 0 amide bonds. The molecule has 0 atom stereocenters. The summed E-state index contributed by atoms with van der Waals surface area (Å²) in [5, 5.41) is 0. The Balaban J connectivity index is 1.22. The fraction of sp³-hybridized carbons (Fsp3) is 0.565. The number of halogens is 1. The first-order chi connectivity index (χ1) is 14.0. The van der Waals surface area contributed by atoms with Crippen molar-refractivity contribution in [2.75, 3.05) is 31.1 Å². The molecule has 1 aromatic heterocycles. The molecule has 1 spiro atoms. The van der Waals surface area contributed by atoms with Gasteiger partial charge >= 0.3 is 0 Å². The molecular formula is C23H29FN4O. The van der Waals surface area contributed by atoms with Crippen LogP contribution in [0.5, 0.6) is 0 Å². The second-order valence-electron chi connectivity index (χ2n) is 9.11. The van der Waals surface area contributed by atoms with Crippen molar-refractivity contribution in [3.63, 3.8) is 0 Å². The number of benzene rings is 1. The zero-order valence-corrected chi connectivity index (χ0v) is 17.3. The van der Waals surface area contributed by atoms with E-state index in [-0.39, 0.29) is 17.0 Å². The minimum Gasteiger partial charge on any atom is -0.360 e. The molecular weight excluding hydrogens is 367 g/mol. The van der Waals surface area contributed by atoms with Gasteiger partial charge in [0.15, 0.2) is 5.82 Å². The number of hydrogen-bond donors (Lipinski definition) is 0. The Morgan fingerprint density at radius 3 is 2.24 bits per heavy atom. The lowest BCUT2D eigenvalue weighted by atomic mass is 9.76. The number of fused-ring (bicyclic) bond motifs is 2. The molecule has 3 aliphatic rings. The second kappa shape index (κ2) is 7.03. The van der Waals surface area contributed by atoms with Gasteiger partial charge in [-0.3, -0.25) is 4.90 Å². The van der Waals surface area contributed by atoms with Gasteiger partial charge in [0.1, 0.15) is 0 Å². The number of nitrogens with zero attached hydrogens (tertiary/aromatic N) is 4. The van der Waals surface area contributed by atoms with Crippen molar-refractivity contribution < 1.29 is 9.13 Å². The molecule has 5 nitrogen and oxygen atoms in total. The third-order valence-corrected chi connectivity index (χ3v) is 7.00. The van der Waals surface area contributed by atoms with Crippen LogP contribution in [-0.4, -0.2) is 47.1 Å². The maximum atomic E-state index is 13.1. The van der Waals surface area contributed by atoms with E-state index in [2.05, 4.69) is 57.9 Å². The number of anilines is 1. The van der Waals surface area contributed by atoms with Crippen LogP contribution in [0.25, 0.3) is 0 Å². The van der Waals surface area contributed by atoms with Crippen molar-refractivity contribution >= 4 is 5.95 Å². The van der Waals surface area contributed by atoms with E-state index in [1.165, 1.54) is 23.5 Å². The molecule has 2 fully saturated rings. The number of rotatable bonds is 2. The highest BCUT2D eigenvalue weighted by molar-refractivity contribution is 5.41. The van der Waals surface area contributed by atoms with Crippen LogP contribution in [0.1, 0.15) is 50.7 Å². The third-order valence-electron chi connectivity index (χ3n) is 7.00. The zero-order chi connectivity index (χ0) is 20.1. The van der Waals surface area contributed by atoms with Gasteiger partial charge in [0.25, 0.3) is 0 Å². The van der Waals surface area contributed by atoms with E-state index in [4.69, 9.17) is 4.74 Å². The Labute approximate surface area is 171 Å². The van der Waals surface area contributed by atoms with E-state index in [1.807, 2.05) is 0 Å². The predicted octanol–water partition coefficient (Wildman–Crippen LogP) is 3.84. The van der Waals surface area contributed by atoms with Crippen LogP contribution in [0.15, 0.2) is 36.7 Å². The average Bonchev–Trinajstić information content (AvgIpc) is 2.96. The van der Waals surface area contributed by atoms with Crippen molar-refractivity contribution in [2.24, 2.45) is 0 Å². The minimum atomic E-state index is -0.387. The molecule has 0 bridgehead atoms. The van der Waals surface area contributed by atoms with E-state index in [0.717, 1.165) is 51.9 Å². The van der Waals surface area contributed by atoms with Gasteiger partial charge in [0.05, 0.1) is 23.6 Å². The van der Waals surface area contributed by atoms with E-state index < -0.39 is 0 Å². The summed E-state index contributed by atoms with van der Waals surface area (Å²) in [6.07, 6.45) is 6.99. The average molecular weight is 397 g/mol. The first-order valence-corrected chi connectivity index (χ1v) is 10.7. The number of piperazine rings is 1. The molecule has 0 N–H and O–H groups in total. The summed E-state index contributed by atoms with van der Waals surface area (Å²) in [5.74, 6) is 0.245. The minimum absolute atomic E-state index is 0.111. The molecule has 3 heterocycles. The first-order valence-electron chi connectivity index (χ1n) is 10.7. The summed E-state index contributed by atoms with van der Waals surface area (Å²) in [7, 11) is 0. The van der Waals surface area contributed by atoms with Crippen molar-refractivity contribution in [2.45, 2.75) is 56.8 Å². The highest BCUT2D eigenvalue weighted by Gasteiger charge is 2.50. The Morgan fingerprint density at radius 1 is 0.966 bits per heavy atom. The van der Waals surface area contributed by atoms with Gasteiger partial charge in [-0.25, -0.2) is 14.4 Å². The van der Waals surface area contributed by atoms with Crippen molar-refractivity contribution in [3.8, 4) is 0 Å². The van der Waals surface area contributed by atoms with Gasteiger partial charge in [-0.1, -0.05) is 24.3 Å². The van der Waals surface area contributed by atoms with Gasteiger partial charge in [-0.15, -0.1) is 0 Å². The Morgan fingerprint density at radius 2 is 1.59 bits per heavy atom. The Hall–Kier alpha value is -2.05. The molecule has 0 radical (unpaired) electrons. The SMILES string of the molecule is CC1(C)OC2(CCC(N3CCN(c4ncc(F)cn4)CC3)CC2)c2ccccc21. The highest BCUT2D eigenvalue weighted by atomic mass is 19.1. The van der Waals surface area contributed by atoms with Crippen LogP contribution in [0, 0.1) is 5.82 Å². The Bertz CT molecular complexity index is 869. The number of hydrogen-bond acceptors (Lipinski definition) is 5. The highest BCUT2D eigenvalue weighted by Crippen LogP contribution is 2.53. The maximum absolute atomic E-state index is 13.1. The molecule has 1 aliphatic carbocycles. The summed E-state index contributed by atoms with van der Waals surface area (Å²) in [5.41, 5.74) is 2.44. The molecule has 2 aliphatic heterocycles.